The minimum absolute atomic E-state index is 0.138. The largest absolute Gasteiger partial charge is 0.490 e. The van der Waals surface area contributed by atoms with Crippen LogP contribution in [0.4, 0.5) is 10.5 Å². The molecule has 1 aliphatic heterocycles. The van der Waals surface area contributed by atoms with Crippen LogP contribution in [0.15, 0.2) is 71.6 Å². The van der Waals surface area contributed by atoms with Crippen molar-refractivity contribution in [1.29, 1.82) is 5.26 Å². The van der Waals surface area contributed by atoms with E-state index in [1.807, 2.05) is 25.1 Å². The number of nitrogens with zero attached hydrogens (tertiary/aromatic N) is 2. The van der Waals surface area contributed by atoms with E-state index in [2.05, 4.69) is 6.07 Å². The molecule has 0 bridgehead atoms. The van der Waals surface area contributed by atoms with Gasteiger partial charge >= 0.3 is 0 Å². The van der Waals surface area contributed by atoms with Crippen LogP contribution >= 0.6 is 23.4 Å². The molecule has 4 rings (SSSR count). The Labute approximate surface area is 206 Å². The molecule has 2 amide bonds. The number of thioether (sulfide) groups is 1. The molecule has 1 fully saturated rings. The molecular weight excluding hydrogens is 472 g/mol. The molecule has 0 aliphatic carbocycles. The number of carbonyl (C=O) groups excluding carboxylic acids is 2. The Hall–Kier alpha value is -3.73. The van der Waals surface area contributed by atoms with E-state index in [0.29, 0.717) is 34.9 Å². The molecule has 0 spiro atoms. The van der Waals surface area contributed by atoms with Gasteiger partial charge in [-0.1, -0.05) is 48.0 Å². The molecule has 0 N–H and O–H groups in total. The van der Waals surface area contributed by atoms with Crippen LogP contribution in [0.1, 0.15) is 23.6 Å². The van der Waals surface area contributed by atoms with Crippen molar-refractivity contribution < 1.29 is 19.1 Å². The van der Waals surface area contributed by atoms with Gasteiger partial charge in [0.2, 0.25) is 0 Å². The molecule has 0 unspecified atom stereocenters. The number of para-hydroxylation sites is 1. The average Bonchev–Trinajstić information content (AvgIpc) is 3.12. The Balaban J connectivity index is 1.61. The normalized spacial score (nSPS) is 14.4. The number of hydrogen-bond acceptors (Lipinski definition) is 6. The van der Waals surface area contributed by atoms with Crippen LogP contribution in [-0.4, -0.2) is 17.8 Å². The number of anilines is 1. The molecule has 3 aromatic carbocycles. The third-order valence-corrected chi connectivity index (χ3v) is 6.10. The van der Waals surface area contributed by atoms with Gasteiger partial charge < -0.3 is 9.47 Å². The Kier molecular flexibility index (Phi) is 7.21. The fourth-order valence-corrected chi connectivity index (χ4v) is 4.51. The smallest absolute Gasteiger partial charge is 0.298 e. The first-order chi connectivity index (χ1) is 16.5. The topological polar surface area (TPSA) is 79.6 Å². The van der Waals surface area contributed by atoms with Crippen molar-refractivity contribution in [3.05, 3.63) is 93.3 Å². The summed E-state index contributed by atoms with van der Waals surface area (Å²) >= 11 is 7.38. The summed E-state index contributed by atoms with van der Waals surface area (Å²) in [7, 11) is 0. The van der Waals surface area contributed by atoms with Crippen molar-refractivity contribution in [3.63, 3.8) is 0 Å². The SMILES string of the molecule is CCOc1cc(/C=C2\SC(=O)N(c3ccccc3)C2=O)cc(Cl)c1OCc1ccccc1C#N. The Morgan fingerprint density at radius 2 is 1.79 bits per heavy atom. The number of carbonyl (C=O) groups is 2. The highest BCUT2D eigenvalue weighted by molar-refractivity contribution is 8.19. The summed E-state index contributed by atoms with van der Waals surface area (Å²) in [4.78, 5) is 26.8. The molecule has 170 valence electrons. The first kappa shape index (κ1) is 23.4. The van der Waals surface area contributed by atoms with Crippen LogP contribution in [0.2, 0.25) is 5.02 Å². The second-order valence-corrected chi connectivity index (χ2v) is 8.57. The van der Waals surface area contributed by atoms with Gasteiger partial charge in [0.05, 0.1) is 33.9 Å². The van der Waals surface area contributed by atoms with Crippen LogP contribution in [0.3, 0.4) is 0 Å². The molecule has 0 radical (unpaired) electrons. The van der Waals surface area contributed by atoms with E-state index < -0.39 is 5.91 Å². The van der Waals surface area contributed by atoms with Crippen molar-refractivity contribution in [2.24, 2.45) is 0 Å². The molecule has 8 heteroatoms. The number of nitriles is 1. The van der Waals surface area contributed by atoms with Gasteiger partial charge in [-0.05, 0) is 60.7 Å². The maximum absolute atomic E-state index is 12.9. The van der Waals surface area contributed by atoms with Crippen molar-refractivity contribution in [1.82, 2.24) is 0 Å². The fraction of sp³-hybridized carbons (Fsp3) is 0.115. The minimum atomic E-state index is -0.399. The van der Waals surface area contributed by atoms with Gasteiger partial charge in [0.1, 0.15) is 6.61 Å². The molecule has 34 heavy (non-hydrogen) atoms. The zero-order valence-electron chi connectivity index (χ0n) is 18.2. The maximum atomic E-state index is 12.9. The number of benzene rings is 3. The summed E-state index contributed by atoms with van der Waals surface area (Å²) in [6, 6.07) is 21.4. The van der Waals surface area contributed by atoms with E-state index in [1.165, 1.54) is 0 Å². The fourth-order valence-electron chi connectivity index (χ4n) is 3.40. The summed E-state index contributed by atoms with van der Waals surface area (Å²) in [6.45, 7) is 2.34. The van der Waals surface area contributed by atoms with Gasteiger partial charge in [0.15, 0.2) is 11.5 Å². The Bertz CT molecular complexity index is 1320. The predicted octanol–water partition coefficient (Wildman–Crippen LogP) is 6.43. The van der Waals surface area contributed by atoms with Crippen LogP contribution in [0.25, 0.3) is 6.08 Å². The second kappa shape index (κ2) is 10.5. The Morgan fingerprint density at radius 1 is 1.06 bits per heavy atom. The third-order valence-electron chi connectivity index (χ3n) is 4.95. The number of hydrogen-bond donors (Lipinski definition) is 0. The zero-order valence-corrected chi connectivity index (χ0v) is 19.7. The number of imide groups is 1. The van der Waals surface area contributed by atoms with Gasteiger partial charge in [0.25, 0.3) is 11.1 Å². The lowest BCUT2D eigenvalue weighted by atomic mass is 10.1. The summed E-state index contributed by atoms with van der Waals surface area (Å²) < 4.78 is 11.7. The number of rotatable bonds is 7. The maximum Gasteiger partial charge on any atom is 0.298 e. The van der Waals surface area contributed by atoms with Gasteiger partial charge in [-0.25, -0.2) is 4.90 Å². The highest BCUT2D eigenvalue weighted by Gasteiger charge is 2.36. The van der Waals surface area contributed by atoms with Crippen LogP contribution in [-0.2, 0) is 11.4 Å². The van der Waals surface area contributed by atoms with Crippen molar-refractivity contribution in [3.8, 4) is 17.6 Å². The van der Waals surface area contributed by atoms with Gasteiger partial charge in [-0.15, -0.1) is 0 Å². The average molecular weight is 491 g/mol. The Morgan fingerprint density at radius 3 is 2.53 bits per heavy atom. The predicted molar refractivity (Wildman–Crippen MR) is 133 cm³/mol. The standard InChI is InChI=1S/C26H19ClN2O4S/c1-2-32-22-13-17(12-21(27)24(22)33-16-19-9-7-6-8-18(19)15-28)14-23-25(30)29(26(31)34-23)20-10-4-3-5-11-20/h3-14H,2,16H2,1H3/b23-14-. The van der Waals surface area contributed by atoms with Crippen LogP contribution in [0, 0.1) is 11.3 Å². The van der Waals surface area contributed by atoms with Gasteiger partial charge in [0, 0.05) is 5.56 Å². The van der Waals surface area contributed by atoms with E-state index in [9.17, 15) is 14.9 Å². The van der Waals surface area contributed by atoms with E-state index in [0.717, 1.165) is 22.2 Å². The highest BCUT2D eigenvalue weighted by atomic mass is 35.5. The van der Waals surface area contributed by atoms with Crippen molar-refractivity contribution in [2.75, 3.05) is 11.5 Å². The molecule has 0 atom stereocenters. The molecule has 0 saturated carbocycles. The van der Waals surface area contributed by atoms with Gasteiger partial charge in [-0.2, -0.15) is 5.26 Å². The monoisotopic (exact) mass is 490 g/mol. The van der Waals surface area contributed by atoms with E-state index >= 15 is 0 Å². The highest BCUT2D eigenvalue weighted by Crippen LogP contribution is 2.40. The lowest BCUT2D eigenvalue weighted by Crippen LogP contribution is -2.27. The third kappa shape index (κ3) is 4.93. The molecule has 1 aliphatic rings. The van der Waals surface area contributed by atoms with E-state index in [-0.39, 0.29) is 21.8 Å². The van der Waals surface area contributed by atoms with E-state index in [1.54, 1.807) is 54.6 Å². The van der Waals surface area contributed by atoms with Crippen molar-refractivity contribution in [2.45, 2.75) is 13.5 Å². The quantitative estimate of drug-likeness (QED) is 0.355. The lowest BCUT2D eigenvalue weighted by Gasteiger charge is -2.15. The zero-order chi connectivity index (χ0) is 24.1. The molecular formula is C26H19ClN2O4S. The number of amides is 2. The summed E-state index contributed by atoms with van der Waals surface area (Å²) in [5, 5.41) is 9.21. The van der Waals surface area contributed by atoms with Crippen LogP contribution in [0.5, 0.6) is 11.5 Å². The lowest BCUT2D eigenvalue weighted by molar-refractivity contribution is -0.113. The molecule has 1 heterocycles. The number of ether oxygens (including phenoxy) is 2. The van der Waals surface area contributed by atoms with Crippen molar-refractivity contribution >= 4 is 46.3 Å². The summed E-state index contributed by atoms with van der Waals surface area (Å²) in [6.07, 6.45) is 1.61. The number of halogens is 1. The molecule has 0 aromatic heterocycles. The van der Waals surface area contributed by atoms with Gasteiger partial charge in [-0.3, -0.25) is 9.59 Å². The second-order valence-electron chi connectivity index (χ2n) is 7.17. The van der Waals surface area contributed by atoms with Crippen LogP contribution < -0.4 is 14.4 Å². The molecule has 3 aromatic rings. The first-order valence-corrected chi connectivity index (χ1v) is 11.6. The van der Waals surface area contributed by atoms with E-state index in [4.69, 9.17) is 21.1 Å². The summed E-state index contributed by atoms with van der Waals surface area (Å²) in [5.41, 5.74) is 2.35. The first-order valence-electron chi connectivity index (χ1n) is 10.4. The molecule has 1 saturated heterocycles. The minimum Gasteiger partial charge on any atom is -0.490 e. The summed E-state index contributed by atoms with van der Waals surface area (Å²) in [5.74, 6) is 0.340. The molecule has 6 nitrogen and oxygen atoms in total.